The van der Waals surface area contributed by atoms with Crippen molar-refractivity contribution in [1.29, 1.82) is 0 Å². The first-order chi connectivity index (χ1) is 19.5. The second-order valence-electron chi connectivity index (χ2n) is 11.2. The molecule has 1 spiro atoms. The van der Waals surface area contributed by atoms with Gasteiger partial charge in [0.05, 0.1) is 18.4 Å². The molecule has 1 aromatic carbocycles. The third-order valence-corrected chi connectivity index (χ3v) is 9.11. The highest BCUT2D eigenvalue weighted by molar-refractivity contribution is 14.1. The summed E-state index contributed by atoms with van der Waals surface area (Å²) in [6.45, 7) is 6.71. The van der Waals surface area contributed by atoms with E-state index in [0.29, 0.717) is 38.0 Å². The molecular weight excluding hydrogens is 643 g/mol. The van der Waals surface area contributed by atoms with Crippen molar-refractivity contribution in [3.8, 4) is 0 Å². The summed E-state index contributed by atoms with van der Waals surface area (Å²) in [6.07, 6.45) is 2.14. The van der Waals surface area contributed by atoms with Gasteiger partial charge in [0, 0.05) is 35.1 Å². The number of hydrogen-bond acceptors (Lipinski definition) is 8. The van der Waals surface area contributed by atoms with E-state index < -0.39 is 35.1 Å². The average molecular weight is 682 g/mol. The van der Waals surface area contributed by atoms with Crippen molar-refractivity contribution in [2.75, 3.05) is 26.8 Å². The van der Waals surface area contributed by atoms with Crippen LogP contribution in [0.4, 0.5) is 10.5 Å². The van der Waals surface area contributed by atoms with E-state index in [1.54, 1.807) is 6.07 Å². The van der Waals surface area contributed by atoms with E-state index in [1.807, 2.05) is 32.9 Å². The minimum absolute atomic E-state index is 0.152. The fourth-order valence-corrected chi connectivity index (χ4v) is 6.50. The lowest BCUT2D eigenvalue weighted by atomic mass is 9.64. The molecule has 224 valence electrons. The van der Waals surface area contributed by atoms with E-state index in [-0.39, 0.29) is 31.5 Å². The van der Waals surface area contributed by atoms with Crippen LogP contribution in [0.3, 0.4) is 0 Å². The van der Waals surface area contributed by atoms with Gasteiger partial charge >= 0.3 is 6.09 Å². The van der Waals surface area contributed by atoms with Crippen LogP contribution >= 0.6 is 22.6 Å². The molecule has 0 radical (unpaired) electrons. The maximum absolute atomic E-state index is 12.6. The third kappa shape index (κ3) is 6.65. The van der Waals surface area contributed by atoms with Gasteiger partial charge in [-0.15, -0.1) is 0 Å². The summed E-state index contributed by atoms with van der Waals surface area (Å²) in [4.78, 5) is 27.7. The lowest BCUT2D eigenvalue weighted by molar-refractivity contribution is -0.223. The number of amides is 2. The molecule has 6 atom stereocenters. The van der Waals surface area contributed by atoms with Crippen LogP contribution in [-0.2, 0) is 30.2 Å². The maximum atomic E-state index is 12.6. The van der Waals surface area contributed by atoms with E-state index in [1.165, 1.54) is 12.7 Å². The number of aryl methyl sites for hydroxylation is 1. The first kappa shape index (κ1) is 31.5. The Hall–Kier alpha value is -2.42. The van der Waals surface area contributed by atoms with Crippen LogP contribution in [0.5, 0.6) is 0 Å². The molecule has 3 aliphatic rings. The molecule has 13 heteroatoms. The number of nitrogens with zero attached hydrogens (tertiary/aromatic N) is 3. The van der Waals surface area contributed by atoms with Crippen molar-refractivity contribution in [2.45, 2.75) is 88.0 Å². The first-order valence-electron chi connectivity index (χ1n) is 13.7. The maximum Gasteiger partial charge on any atom is 0.407 e. The van der Waals surface area contributed by atoms with E-state index in [0.717, 1.165) is 9.13 Å². The van der Waals surface area contributed by atoms with Crippen LogP contribution in [0.1, 0.15) is 52.0 Å². The number of carbonyl (C=O) groups is 2. The highest BCUT2D eigenvalue weighted by atomic mass is 125. The Morgan fingerprint density at radius 1 is 1.32 bits per heavy atom. The second kappa shape index (κ2) is 12.8. The largest absolute Gasteiger partial charge is 0.443 e. The quantitative estimate of drug-likeness (QED) is 0.0565. The molecule has 2 amide bonds. The van der Waals surface area contributed by atoms with Gasteiger partial charge in [0.2, 0.25) is 5.91 Å². The van der Waals surface area contributed by atoms with E-state index in [2.05, 4.69) is 49.3 Å². The Bertz CT molecular complexity index is 1230. The van der Waals surface area contributed by atoms with Crippen LogP contribution in [0.25, 0.3) is 10.4 Å². The predicted molar refractivity (Wildman–Crippen MR) is 159 cm³/mol. The molecule has 2 heterocycles. The molecule has 3 N–H and O–H groups in total. The number of nitrogens with one attached hydrogen (secondary N) is 2. The highest BCUT2D eigenvalue weighted by Crippen LogP contribution is 2.62. The smallest absolute Gasteiger partial charge is 0.407 e. The summed E-state index contributed by atoms with van der Waals surface area (Å²) in [6, 6.07) is 5.43. The second-order valence-corrected chi connectivity index (χ2v) is 12.3. The molecule has 2 saturated heterocycles. The summed E-state index contributed by atoms with van der Waals surface area (Å²) in [5.41, 5.74) is 8.08. The minimum atomic E-state index is -1.49. The van der Waals surface area contributed by atoms with Crippen LogP contribution in [-0.4, -0.2) is 79.0 Å². The zero-order chi connectivity index (χ0) is 29.8. The predicted octanol–water partition coefficient (Wildman–Crippen LogP) is 4.20. The molecule has 0 bridgehead atoms. The summed E-state index contributed by atoms with van der Waals surface area (Å²) < 4.78 is 24.2. The monoisotopic (exact) mass is 681 g/mol. The van der Waals surface area contributed by atoms with E-state index >= 15 is 0 Å². The number of allylic oxidation sites excluding steroid dienone is 1. The number of methoxy groups -OCH3 is 1. The molecular formula is C28H38IN5O7. The summed E-state index contributed by atoms with van der Waals surface area (Å²) in [5, 5.41) is 21.2. The normalized spacial score (nSPS) is 31.5. The molecule has 1 aliphatic carbocycles. The number of alkyl carbamates (subject to hydrolysis) is 1. The lowest BCUT2D eigenvalue weighted by Gasteiger charge is -2.49. The van der Waals surface area contributed by atoms with Gasteiger partial charge in [-0.1, -0.05) is 28.9 Å². The van der Waals surface area contributed by atoms with Gasteiger partial charge in [-0.3, -0.25) is 4.79 Å². The van der Waals surface area contributed by atoms with Gasteiger partial charge in [0.1, 0.15) is 23.4 Å². The van der Waals surface area contributed by atoms with E-state index in [9.17, 15) is 14.7 Å². The highest BCUT2D eigenvalue weighted by Gasteiger charge is 2.81. The van der Waals surface area contributed by atoms with Crippen LogP contribution in [0.2, 0.25) is 0 Å². The minimum Gasteiger partial charge on any atom is -0.443 e. The molecule has 6 unspecified atom stereocenters. The number of aliphatic hydroxyl groups is 1. The SMILES string of the molecule is COC1C(OC(=O)NCCNC(=O)CCc2ccc(N=[N+]=[N-])c([125I])c2)CCC2(CO2)C1(O)C1(C)OC1CC=C(C)C. The summed E-state index contributed by atoms with van der Waals surface area (Å²) >= 11 is 2.09. The molecule has 4 rings (SSSR count). The average Bonchev–Trinajstić information content (AvgIpc) is 3.85. The molecule has 1 saturated carbocycles. The van der Waals surface area contributed by atoms with Gasteiger partial charge in [-0.25, -0.2) is 4.79 Å². The van der Waals surface area contributed by atoms with Gasteiger partial charge in [-0.2, -0.15) is 0 Å². The lowest BCUT2D eigenvalue weighted by Crippen LogP contribution is -2.70. The van der Waals surface area contributed by atoms with Crippen molar-refractivity contribution >= 4 is 40.3 Å². The van der Waals surface area contributed by atoms with Crippen LogP contribution in [0, 0.1) is 3.57 Å². The number of halogens is 1. The van der Waals surface area contributed by atoms with Crippen molar-refractivity contribution in [2.24, 2.45) is 5.11 Å². The Morgan fingerprint density at radius 2 is 2.05 bits per heavy atom. The fraction of sp³-hybridized carbons (Fsp3) is 0.643. The zero-order valence-corrected chi connectivity index (χ0v) is 26.0. The molecule has 3 fully saturated rings. The van der Waals surface area contributed by atoms with Crippen LogP contribution in [0.15, 0.2) is 35.0 Å². The van der Waals surface area contributed by atoms with Crippen molar-refractivity contribution in [3.05, 3.63) is 49.4 Å². The van der Waals surface area contributed by atoms with Crippen LogP contribution < -0.4 is 10.6 Å². The molecule has 0 aromatic heterocycles. The number of hydrogen-bond donors (Lipinski definition) is 3. The van der Waals surface area contributed by atoms with Crippen molar-refractivity contribution < 1.29 is 33.6 Å². The molecule has 2 aliphatic heterocycles. The van der Waals surface area contributed by atoms with Crippen molar-refractivity contribution in [1.82, 2.24) is 10.6 Å². The fourth-order valence-electron chi connectivity index (χ4n) is 5.81. The first-order valence-corrected chi connectivity index (χ1v) is 14.8. The van der Waals surface area contributed by atoms with Gasteiger partial charge < -0.3 is 34.7 Å². The van der Waals surface area contributed by atoms with Crippen molar-refractivity contribution in [3.63, 3.8) is 0 Å². The number of carbonyl (C=O) groups excluding carboxylic acids is 2. The Labute approximate surface area is 253 Å². The summed E-state index contributed by atoms with van der Waals surface area (Å²) in [5.74, 6) is -0.152. The molecule has 41 heavy (non-hydrogen) atoms. The number of epoxide rings is 2. The topological polar surface area (TPSA) is 171 Å². The molecule has 12 nitrogen and oxygen atoms in total. The van der Waals surface area contributed by atoms with Gasteiger partial charge in [0.15, 0.2) is 5.60 Å². The summed E-state index contributed by atoms with van der Waals surface area (Å²) in [7, 11) is 1.49. The Kier molecular flexibility index (Phi) is 9.87. The number of rotatable bonds is 12. The number of ether oxygens (including phenoxy) is 4. The van der Waals surface area contributed by atoms with Gasteiger partial charge in [-0.05, 0) is 86.2 Å². The van der Waals surface area contributed by atoms with Gasteiger partial charge in [0.25, 0.3) is 0 Å². The standard InChI is InChI=1S/C28H38IN5O7/c1-17(2)5-9-22-26(3,41-22)28(37)24(38-4)21(11-12-27(28)16-39-27)40-25(36)32-14-13-31-23(35)10-7-18-6-8-20(33-34-30)19(29)15-18/h5-6,8,15,21-22,24,37H,7,9-14,16H2,1-4H3,(H,31,35)(H,32,36)/i29-2. The zero-order valence-electron chi connectivity index (χ0n) is 23.8. The van der Waals surface area contributed by atoms with E-state index in [4.69, 9.17) is 24.5 Å². The Balaban J connectivity index is 1.24. The molecule has 1 aromatic rings. The number of azide groups is 1. The number of benzene rings is 1. The third-order valence-electron chi connectivity index (χ3n) is 8.24. The Morgan fingerprint density at radius 3 is 2.68 bits per heavy atom.